The molecule has 0 bridgehead atoms. The van der Waals surface area contributed by atoms with Crippen LogP contribution in [0.5, 0.6) is 0 Å². The number of aliphatic hydroxyl groups is 1. The third-order valence-electron chi connectivity index (χ3n) is 3.99. The maximum absolute atomic E-state index is 11.6. The zero-order chi connectivity index (χ0) is 20.0. The van der Waals surface area contributed by atoms with E-state index in [-0.39, 0.29) is 36.0 Å². The molecule has 0 saturated heterocycles. The quantitative estimate of drug-likeness (QED) is 0.165. The third kappa shape index (κ3) is 14.7. The number of carboxylic acid groups (broad SMARTS) is 2. The van der Waals surface area contributed by atoms with Crippen LogP contribution < -0.4 is 0 Å². The molecule has 0 aromatic rings. The summed E-state index contributed by atoms with van der Waals surface area (Å²) in [6, 6.07) is 0. The molecular weight excluding hydrogens is 367 g/mol. The van der Waals surface area contributed by atoms with Gasteiger partial charge in [-0.15, -0.1) is 0 Å². The molecule has 0 aliphatic carbocycles. The molecule has 1 unspecified atom stereocenters. The molecule has 0 spiro atoms. The standard InChI is InChI=1S/C18H30O8.Na.H/c1-2-3-4-5-6-7-8-9-10-11-15(21)26-16(22)13-18(25,17(23)24)12-14(19)20;;/h25H,2-13H2,1H3,(H,19,20)(H,23,24);;. The van der Waals surface area contributed by atoms with Gasteiger partial charge in [-0.2, -0.15) is 0 Å². The number of carboxylic acids is 2. The molecule has 0 aromatic heterocycles. The zero-order valence-electron chi connectivity index (χ0n) is 15.4. The number of esters is 2. The van der Waals surface area contributed by atoms with E-state index in [9.17, 15) is 24.3 Å². The fourth-order valence-corrected chi connectivity index (χ4v) is 2.50. The van der Waals surface area contributed by atoms with Crippen LogP contribution >= 0.6 is 0 Å². The van der Waals surface area contributed by atoms with Crippen molar-refractivity contribution < 1.29 is 39.2 Å². The first kappa shape index (κ1) is 28.3. The van der Waals surface area contributed by atoms with Crippen molar-refractivity contribution in [3.63, 3.8) is 0 Å². The average molecular weight is 398 g/mol. The van der Waals surface area contributed by atoms with Crippen molar-refractivity contribution in [2.45, 2.75) is 89.6 Å². The van der Waals surface area contributed by atoms with E-state index >= 15 is 0 Å². The van der Waals surface area contributed by atoms with E-state index < -0.39 is 42.3 Å². The monoisotopic (exact) mass is 398 g/mol. The summed E-state index contributed by atoms with van der Waals surface area (Å²) in [7, 11) is 0. The first-order valence-corrected chi connectivity index (χ1v) is 9.12. The number of carbonyl (C=O) groups is 4. The number of carbonyl (C=O) groups excluding carboxylic acids is 2. The summed E-state index contributed by atoms with van der Waals surface area (Å²) in [4.78, 5) is 44.6. The molecule has 0 saturated carbocycles. The predicted molar refractivity (Wildman–Crippen MR) is 99.5 cm³/mol. The molecular formula is C18H31NaO8. The van der Waals surface area contributed by atoms with Gasteiger partial charge in [-0.1, -0.05) is 58.3 Å². The van der Waals surface area contributed by atoms with Gasteiger partial charge in [-0.25, -0.2) is 4.79 Å². The Morgan fingerprint density at radius 2 is 1.26 bits per heavy atom. The van der Waals surface area contributed by atoms with E-state index in [0.29, 0.717) is 6.42 Å². The Kier molecular flexibility index (Phi) is 16.8. The average Bonchev–Trinajstić information content (AvgIpc) is 2.52. The predicted octanol–water partition coefficient (Wildman–Crippen LogP) is 2.01. The summed E-state index contributed by atoms with van der Waals surface area (Å²) in [5, 5.41) is 27.1. The second kappa shape index (κ2) is 16.0. The summed E-state index contributed by atoms with van der Waals surface area (Å²) in [5.41, 5.74) is -2.79. The van der Waals surface area contributed by atoms with Gasteiger partial charge in [0.25, 0.3) is 0 Å². The number of ether oxygens (including phenoxy) is 1. The molecule has 152 valence electrons. The van der Waals surface area contributed by atoms with Crippen LogP contribution in [0.25, 0.3) is 0 Å². The molecule has 0 rings (SSSR count). The van der Waals surface area contributed by atoms with Crippen LogP contribution in [0.4, 0.5) is 0 Å². The summed E-state index contributed by atoms with van der Waals surface area (Å²) in [5.74, 6) is -5.50. The number of hydrogen-bond acceptors (Lipinski definition) is 6. The van der Waals surface area contributed by atoms with Gasteiger partial charge in [-0.05, 0) is 6.42 Å². The number of unbranched alkanes of at least 4 members (excludes halogenated alkanes) is 8. The van der Waals surface area contributed by atoms with Crippen molar-refractivity contribution in [2.24, 2.45) is 0 Å². The van der Waals surface area contributed by atoms with E-state index in [1.165, 1.54) is 32.1 Å². The Labute approximate surface area is 181 Å². The normalized spacial score (nSPS) is 12.5. The van der Waals surface area contributed by atoms with E-state index in [2.05, 4.69) is 11.7 Å². The Morgan fingerprint density at radius 3 is 1.70 bits per heavy atom. The minimum atomic E-state index is -2.79. The van der Waals surface area contributed by atoms with Gasteiger partial charge in [-0.3, -0.25) is 14.4 Å². The summed E-state index contributed by atoms with van der Waals surface area (Å²) >= 11 is 0. The maximum atomic E-state index is 11.6. The van der Waals surface area contributed by atoms with Crippen molar-refractivity contribution in [2.75, 3.05) is 0 Å². The molecule has 0 radical (unpaired) electrons. The fourth-order valence-electron chi connectivity index (χ4n) is 2.50. The topological polar surface area (TPSA) is 138 Å². The Balaban J connectivity index is 0. The second-order valence-corrected chi connectivity index (χ2v) is 6.51. The van der Waals surface area contributed by atoms with Gasteiger partial charge in [0.1, 0.15) is 0 Å². The van der Waals surface area contributed by atoms with Crippen LogP contribution in [0, 0.1) is 0 Å². The van der Waals surface area contributed by atoms with E-state index in [1.807, 2.05) is 0 Å². The Morgan fingerprint density at radius 1 is 0.778 bits per heavy atom. The van der Waals surface area contributed by atoms with Gasteiger partial charge >= 0.3 is 53.4 Å². The molecule has 1 atom stereocenters. The fraction of sp³-hybridized carbons (Fsp3) is 0.778. The number of hydrogen-bond donors (Lipinski definition) is 3. The first-order valence-electron chi connectivity index (χ1n) is 9.12. The molecule has 0 amide bonds. The third-order valence-corrected chi connectivity index (χ3v) is 3.99. The van der Waals surface area contributed by atoms with Gasteiger partial charge in [0.2, 0.25) is 0 Å². The molecule has 3 N–H and O–H groups in total. The van der Waals surface area contributed by atoms with Crippen LogP contribution in [-0.4, -0.2) is 74.4 Å². The van der Waals surface area contributed by atoms with E-state index in [0.717, 1.165) is 19.3 Å². The summed E-state index contributed by atoms with van der Waals surface area (Å²) in [6.07, 6.45) is 7.32. The SMILES string of the molecule is CCCCCCCCCCCC(=O)OC(=O)CC(O)(CC(=O)O)C(=O)O.[NaH]. The molecule has 9 heteroatoms. The van der Waals surface area contributed by atoms with Crippen molar-refractivity contribution >= 4 is 53.4 Å². The number of aliphatic carboxylic acids is 2. The van der Waals surface area contributed by atoms with Crippen molar-refractivity contribution in [3.05, 3.63) is 0 Å². The van der Waals surface area contributed by atoms with Gasteiger partial charge in [0, 0.05) is 6.42 Å². The van der Waals surface area contributed by atoms with Crippen LogP contribution in [0.1, 0.15) is 84.0 Å². The number of rotatable bonds is 15. The van der Waals surface area contributed by atoms with Crippen LogP contribution in [-0.2, 0) is 23.9 Å². The van der Waals surface area contributed by atoms with E-state index in [4.69, 9.17) is 10.2 Å². The van der Waals surface area contributed by atoms with E-state index in [1.54, 1.807) is 0 Å². The molecule has 0 aromatic carbocycles. The van der Waals surface area contributed by atoms with Crippen molar-refractivity contribution in [1.29, 1.82) is 0 Å². The minimum absolute atomic E-state index is 0. The molecule has 27 heavy (non-hydrogen) atoms. The molecule has 8 nitrogen and oxygen atoms in total. The first-order chi connectivity index (χ1) is 12.2. The van der Waals surface area contributed by atoms with Crippen LogP contribution in [0.3, 0.4) is 0 Å². The Bertz CT molecular complexity index is 480. The summed E-state index contributed by atoms with van der Waals surface area (Å²) < 4.78 is 4.46. The summed E-state index contributed by atoms with van der Waals surface area (Å²) in [6.45, 7) is 2.16. The van der Waals surface area contributed by atoms with Crippen LogP contribution in [0.2, 0.25) is 0 Å². The molecule has 0 heterocycles. The van der Waals surface area contributed by atoms with Crippen LogP contribution in [0.15, 0.2) is 0 Å². The van der Waals surface area contributed by atoms with Gasteiger partial charge in [0.15, 0.2) is 5.60 Å². The van der Waals surface area contributed by atoms with Crippen molar-refractivity contribution in [3.8, 4) is 0 Å². The van der Waals surface area contributed by atoms with Gasteiger partial charge in [0.05, 0.1) is 12.8 Å². The molecule has 0 fully saturated rings. The van der Waals surface area contributed by atoms with Gasteiger partial charge < -0.3 is 20.1 Å². The molecule has 0 aliphatic heterocycles. The van der Waals surface area contributed by atoms with Crippen molar-refractivity contribution in [1.82, 2.24) is 0 Å². The molecule has 0 aliphatic rings. The second-order valence-electron chi connectivity index (χ2n) is 6.51. The zero-order valence-corrected chi connectivity index (χ0v) is 15.4. The Hall–Kier alpha value is -0.960.